The molecule has 0 bridgehead atoms. The van der Waals surface area contributed by atoms with Crippen molar-refractivity contribution in [2.75, 3.05) is 0 Å². The Labute approximate surface area is 677 Å². The zero-order valence-corrected chi connectivity index (χ0v) is 63.9. The van der Waals surface area contributed by atoms with E-state index in [1.807, 2.05) is 0 Å². The van der Waals surface area contributed by atoms with Crippen LogP contribution in [-0.4, -0.2) is 27.8 Å². The minimum Gasteiger partial charge on any atom is -0.309 e. The Morgan fingerprint density at radius 2 is 0.444 bits per heavy atom. The van der Waals surface area contributed by atoms with Crippen LogP contribution in [0.5, 0.6) is 0 Å². The molecule has 17 aromatic carbocycles. The van der Waals surface area contributed by atoms with Crippen LogP contribution in [0, 0.1) is 0 Å². The maximum absolute atomic E-state index is 5.43. The monoisotopic (exact) mass is 1490 g/mol. The second-order valence-electron chi connectivity index (χ2n) is 30.2. The molecular weight excluding hydrogens is 1420 g/mol. The zero-order chi connectivity index (χ0) is 77.3. The van der Waals surface area contributed by atoms with Crippen molar-refractivity contribution < 1.29 is 0 Å². The number of para-hydroxylation sites is 10. The van der Waals surface area contributed by atoms with Gasteiger partial charge in [0.15, 0.2) is 0 Å². The van der Waals surface area contributed by atoms with Crippen molar-refractivity contribution >= 4 is 87.2 Å². The lowest BCUT2D eigenvalue weighted by atomic mass is 9.93. The number of hydrogen-bond donors (Lipinski definition) is 0. The van der Waals surface area contributed by atoms with Gasteiger partial charge in [0.25, 0.3) is 0 Å². The zero-order valence-electron chi connectivity index (χ0n) is 63.9. The van der Waals surface area contributed by atoms with E-state index in [0.717, 1.165) is 118 Å². The van der Waals surface area contributed by atoms with Gasteiger partial charge >= 0.3 is 0 Å². The van der Waals surface area contributed by atoms with Crippen LogP contribution in [0.3, 0.4) is 0 Å². The van der Waals surface area contributed by atoms with E-state index in [1.54, 1.807) is 0 Å². The normalized spacial score (nSPS) is 11.6. The Kier molecular flexibility index (Phi) is 16.8. The molecule has 6 aromatic heterocycles. The average Bonchev–Trinajstić information content (AvgIpc) is 1.40. The molecule has 0 aliphatic rings. The first-order chi connectivity index (χ1) is 58.0. The van der Waals surface area contributed by atoms with Crippen molar-refractivity contribution in [3.63, 3.8) is 0 Å². The Hall–Kier alpha value is -15.6. The van der Waals surface area contributed by atoms with Crippen LogP contribution in [0.2, 0.25) is 0 Å². The molecule has 0 aliphatic carbocycles. The Morgan fingerprint density at radius 3 is 0.863 bits per heavy atom. The van der Waals surface area contributed by atoms with Gasteiger partial charge in [-0.25, -0.2) is 4.98 Å². The summed E-state index contributed by atoms with van der Waals surface area (Å²) in [6.07, 6.45) is 0. The van der Waals surface area contributed by atoms with Gasteiger partial charge in [-0.15, -0.1) is 0 Å². The summed E-state index contributed by atoms with van der Waals surface area (Å²) in [5, 5.41) is 9.76. The fourth-order valence-corrected chi connectivity index (χ4v) is 17.9. The molecule has 0 amide bonds. The molecule has 0 saturated heterocycles. The molecule has 0 saturated carbocycles. The molecule has 0 unspecified atom stereocenters. The predicted molar refractivity (Wildman–Crippen MR) is 491 cm³/mol. The summed E-state index contributed by atoms with van der Waals surface area (Å²) >= 11 is 0. The van der Waals surface area contributed by atoms with Crippen molar-refractivity contribution in [1.82, 2.24) is 27.8 Å². The van der Waals surface area contributed by atoms with Gasteiger partial charge in [-0.3, -0.25) is 0 Å². The first-order valence-corrected chi connectivity index (χ1v) is 40.1. The quantitative estimate of drug-likeness (QED) is 0.113. The molecule has 6 heterocycles. The summed E-state index contributed by atoms with van der Waals surface area (Å²) in [5.74, 6) is 0. The number of aromatic nitrogens is 6. The molecule has 23 rings (SSSR count). The molecule has 0 fully saturated rings. The number of rotatable bonds is 13. The van der Waals surface area contributed by atoms with Gasteiger partial charge in [-0.1, -0.05) is 279 Å². The number of fused-ring (bicyclic) bond motifs is 10. The highest BCUT2D eigenvalue weighted by atomic mass is 15.0. The second-order valence-corrected chi connectivity index (χ2v) is 30.2. The summed E-state index contributed by atoms with van der Waals surface area (Å²) in [5.41, 5.74) is 33.1. The van der Waals surface area contributed by atoms with Gasteiger partial charge in [0.1, 0.15) is 0 Å². The smallest absolute Gasteiger partial charge is 0.0716 e. The van der Waals surface area contributed by atoms with Crippen molar-refractivity contribution in [3.05, 3.63) is 449 Å². The van der Waals surface area contributed by atoms with Gasteiger partial charge in [-0.05, 0) is 231 Å². The molecule has 0 spiro atoms. The third-order valence-corrected chi connectivity index (χ3v) is 23.3. The molecular formula is C111H74N6. The summed E-state index contributed by atoms with van der Waals surface area (Å²) in [6, 6.07) is 162. The standard InChI is InChI=1S/C63H41N3.C48H33N3/c1-2-16-42(17-3-1)43-18-12-22-48(36-43)56-41-59(49-23-13-19-44(37-49)45-20-14-24-50(38-45)65-60-30-8-4-26-52(60)53-27-5-9-31-61(53)65)64-58-35-34-47(40-57(56)58)46-21-15-25-51(39-46)66-62-32-10-6-28-54(62)55-29-7-11-33-63(55)66;1-4-19-40(20-5-1)49-43-25-13-10-16-34(43)31-46(49)37-28-38(47-32-35-17-11-14-26-44(35)50(47)41-21-6-2-7-22-41)30-39(29-37)48-33-36-18-12-15-27-45(36)51(48)42-23-8-3-9-24-42/h1-41H;1-33H. The minimum absolute atomic E-state index is 0.934. The molecule has 0 aliphatic heterocycles. The second kappa shape index (κ2) is 28.8. The van der Waals surface area contributed by atoms with E-state index in [9.17, 15) is 0 Å². The largest absolute Gasteiger partial charge is 0.309 e. The summed E-state index contributed by atoms with van der Waals surface area (Å²) in [7, 11) is 0. The number of benzene rings is 17. The molecule has 548 valence electrons. The minimum atomic E-state index is 0.934. The number of hydrogen-bond acceptors (Lipinski definition) is 1. The van der Waals surface area contributed by atoms with Gasteiger partial charge in [0.2, 0.25) is 0 Å². The van der Waals surface area contributed by atoms with Crippen LogP contribution in [0.4, 0.5) is 0 Å². The molecule has 117 heavy (non-hydrogen) atoms. The van der Waals surface area contributed by atoms with E-state index in [1.165, 1.54) is 87.4 Å². The lowest BCUT2D eigenvalue weighted by Gasteiger charge is -2.17. The summed E-state index contributed by atoms with van der Waals surface area (Å²) < 4.78 is 12.0. The van der Waals surface area contributed by atoms with E-state index < -0.39 is 0 Å². The fourth-order valence-electron chi connectivity index (χ4n) is 17.9. The third-order valence-electron chi connectivity index (χ3n) is 23.3. The van der Waals surface area contributed by atoms with Crippen molar-refractivity contribution in [2.24, 2.45) is 0 Å². The maximum Gasteiger partial charge on any atom is 0.0716 e. The topological polar surface area (TPSA) is 37.5 Å². The first kappa shape index (κ1) is 68.2. The Bertz CT molecular complexity index is 7310. The SMILES string of the molecule is c1ccc(-c2cccc(-c3cc(-c4cccc(-c5cccc(-n6c7ccccc7c7ccccc76)c5)c4)nc4ccc(-c5cccc(-n6c7ccccc7c7ccccc76)c5)cc34)c2)cc1.c1ccc(-n2c(-c3cc(-c4cc5ccccc5n4-c4ccccc4)cc(-c4cc5ccccc5n4-c4ccccc4)c3)cc3ccccc32)cc1. The van der Waals surface area contributed by atoms with Crippen LogP contribution >= 0.6 is 0 Å². The Balaban J connectivity index is 0.000000146. The van der Waals surface area contributed by atoms with Gasteiger partial charge in [-0.2, -0.15) is 0 Å². The first-order valence-electron chi connectivity index (χ1n) is 40.1. The molecule has 6 nitrogen and oxygen atoms in total. The van der Waals surface area contributed by atoms with Gasteiger partial charge < -0.3 is 22.8 Å². The highest BCUT2D eigenvalue weighted by Crippen LogP contribution is 2.45. The predicted octanol–water partition coefficient (Wildman–Crippen LogP) is 29.3. The molecule has 23 aromatic rings. The van der Waals surface area contributed by atoms with Crippen molar-refractivity contribution in [2.45, 2.75) is 0 Å². The Morgan fingerprint density at radius 1 is 0.154 bits per heavy atom. The van der Waals surface area contributed by atoms with E-state index in [4.69, 9.17) is 4.98 Å². The highest BCUT2D eigenvalue weighted by molar-refractivity contribution is 6.11. The highest BCUT2D eigenvalue weighted by Gasteiger charge is 2.23. The molecule has 0 N–H and O–H groups in total. The number of pyridine rings is 1. The summed E-state index contributed by atoms with van der Waals surface area (Å²) in [4.78, 5) is 5.43. The number of nitrogens with zero attached hydrogens (tertiary/aromatic N) is 6. The molecule has 6 heteroatoms. The van der Waals surface area contributed by atoms with Gasteiger partial charge in [0.05, 0.1) is 66.9 Å². The van der Waals surface area contributed by atoms with Crippen LogP contribution in [0.1, 0.15) is 0 Å². The molecule has 0 radical (unpaired) electrons. The van der Waals surface area contributed by atoms with E-state index in [-0.39, 0.29) is 0 Å². The van der Waals surface area contributed by atoms with Crippen molar-refractivity contribution in [3.8, 4) is 118 Å². The summed E-state index contributed by atoms with van der Waals surface area (Å²) in [6.45, 7) is 0. The lowest BCUT2D eigenvalue weighted by molar-refractivity contribution is 1.12. The maximum atomic E-state index is 5.43. The van der Waals surface area contributed by atoms with Crippen LogP contribution in [0.15, 0.2) is 449 Å². The lowest BCUT2D eigenvalue weighted by Crippen LogP contribution is -2.00. The van der Waals surface area contributed by atoms with E-state index in [0.29, 0.717) is 0 Å². The van der Waals surface area contributed by atoms with E-state index >= 15 is 0 Å². The van der Waals surface area contributed by atoms with Crippen molar-refractivity contribution in [1.29, 1.82) is 0 Å². The average molecular weight is 1490 g/mol. The van der Waals surface area contributed by atoms with Gasteiger partial charge in [0, 0.05) is 77.1 Å². The van der Waals surface area contributed by atoms with Crippen LogP contribution < -0.4 is 0 Å². The van der Waals surface area contributed by atoms with Crippen LogP contribution in [-0.2, 0) is 0 Å². The van der Waals surface area contributed by atoms with E-state index in [2.05, 4.69) is 472 Å². The third kappa shape index (κ3) is 12.2. The fraction of sp³-hybridized carbons (Fsp3) is 0. The van der Waals surface area contributed by atoms with Crippen LogP contribution in [0.25, 0.3) is 205 Å². The molecule has 0 atom stereocenters.